The van der Waals surface area contributed by atoms with Crippen molar-refractivity contribution < 1.29 is 0 Å². The summed E-state index contributed by atoms with van der Waals surface area (Å²) >= 11 is 12.3. The molecule has 0 aliphatic heterocycles. The molecule has 0 fully saturated rings. The summed E-state index contributed by atoms with van der Waals surface area (Å²) in [6, 6.07) is 1.74. The molecule has 0 saturated heterocycles. The predicted octanol–water partition coefficient (Wildman–Crippen LogP) is 4.30. The molecule has 1 rings (SSSR count). The summed E-state index contributed by atoms with van der Waals surface area (Å²) in [7, 11) is 1.99. The third-order valence-electron chi connectivity index (χ3n) is 2.33. The van der Waals surface area contributed by atoms with E-state index in [1.165, 1.54) is 0 Å². The molecule has 0 unspecified atom stereocenters. The number of nitrogens with one attached hydrogen (secondary N) is 1. The molecule has 0 aromatic carbocycles. The molecular weight excluding hydrogens is 269 g/mol. The first kappa shape index (κ1) is 15.4. The molecule has 0 bridgehead atoms. The molecule has 0 spiro atoms. The van der Waals surface area contributed by atoms with Crippen molar-refractivity contribution >= 4 is 34.8 Å². The van der Waals surface area contributed by atoms with Crippen LogP contribution in [-0.2, 0) is 0 Å². The van der Waals surface area contributed by atoms with E-state index in [1.807, 2.05) is 14.0 Å². The zero-order chi connectivity index (χ0) is 13.9. The van der Waals surface area contributed by atoms with Crippen LogP contribution in [0, 0.1) is 5.41 Å². The van der Waals surface area contributed by atoms with Gasteiger partial charge in [-0.25, -0.2) is 4.98 Å². The maximum absolute atomic E-state index is 6.21. The van der Waals surface area contributed by atoms with Gasteiger partial charge in [0.2, 0.25) is 0 Å². The highest BCUT2D eigenvalue weighted by molar-refractivity contribution is 6.37. The fraction of sp³-hybridized carbons (Fsp3) is 0.615. The standard InChI is InChI=1S/C13H21Cl2N3/c1-6-16-11-9(14)7-10(15)12(17-11)18(5)8-13(2,3)4/h7H,6,8H2,1-5H3,(H,16,17). The highest BCUT2D eigenvalue weighted by atomic mass is 35.5. The summed E-state index contributed by atoms with van der Waals surface area (Å²) in [4.78, 5) is 6.55. The number of anilines is 2. The maximum Gasteiger partial charge on any atom is 0.149 e. The molecule has 0 radical (unpaired) electrons. The van der Waals surface area contributed by atoms with Gasteiger partial charge in [0, 0.05) is 20.1 Å². The average molecular weight is 290 g/mol. The van der Waals surface area contributed by atoms with Crippen LogP contribution in [0.4, 0.5) is 11.6 Å². The van der Waals surface area contributed by atoms with E-state index in [0.717, 1.165) is 18.9 Å². The molecule has 1 heterocycles. The normalized spacial score (nSPS) is 11.5. The SMILES string of the molecule is CCNc1nc(N(C)CC(C)(C)C)c(Cl)cc1Cl. The van der Waals surface area contributed by atoms with E-state index in [0.29, 0.717) is 15.9 Å². The Hall–Kier alpha value is -0.670. The average Bonchev–Trinajstić information content (AvgIpc) is 2.19. The van der Waals surface area contributed by atoms with Crippen LogP contribution in [0.25, 0.3) is 0 Å². The van der Waals surface area contributed by atoms with Crippen LogP contribution in [0.15, 0.2) is 6.07 Å². The molecule has 102 valence electrons. The molecule has 1 aromatic heterocycles. The zero-order valence-electron chi connectivity index (χ0n) is 11.6. The minimum Gasteiger partial charge on any atom is -0.369 e. The van der Waals surface area contributed by atoms with Gasteiger partial charge in [0.05, 0.1) is 10.0 Å². The summed E-state index contributed by atoms with van der Waals surface area (Å²) in [5, 5.41) is 4.26. The van der Waals surface area contributed by atoms with Gasteiger partial charge >= 0.3 is 0 Å². The van der Waals surface area contributed by atoms with Crippen LogP contribution in [-0.4, -0.2) is 25.1 Å². The van der Waals surface area contributed by atoms with Gasteiger partial charge in [0.15, 0.2) is 0 Å². The van der Waals surface area contributed by atoms with Gasteiger partial charge in [-0.2, -0.15) is 0 Å². The van der Waals surface area contributed by atoms with Crippen molar-refractivity contribution in [2.75, 3.05) is 30.4 Å². The number of hydrogen-bond donors (Lipinski definition) is 1. The van der Waals surface area contributed by atoms with Gasteiger partial charge in [-0.05, 0) is 18.4 Å². The highest BCUT2D eigenvalue weighted by Crippen LogP contribution is 2.32. The first-order valence-electron chi connectivity index (χ1n) is 6.05. The van der Waals surface area contributed by atoms with Crippen LogP contribution in [0.2, 0.25) is 10.0 Å². The lowest BCUT2D eigenvalue weighted by molar-refractivity contribution is 0.418. The number of rotatable bonds is 4. The Bertz CT molecular complexity index is 413. The Morgan fingerprint density at radius 1 is 1.28 bits per heavy atom. The van der Waals surface area contributed by atoms with Crippen molar-refractivity contribution in [3.8, 4) is 0 Å². The minimum atomic E-state index is 0.178. The molecule has 5 heteroatoms. The monoisotopic (exact) mass is 289 g/mol. The number of halogens is 2. The lowest BCUT2D eigenvalue weighted by Gasteiger charge is -2.28. The van der Waals surface area contributed by atoms with Crippen molar-refractivity contribution in [2.24, 2.45) is 5.41 Å². The van der Waals surface area contributed by atoms with E-state index in [1.54, 1.807) is 6.07 Å². The molecule has 18 heavy (non-hydrogen) atoms. The number of aromatic nitrogens is 1. The largest absolute Gasteiger partial charge is 0.369 e. The van der Waals surface area contributed by atoms with Gasteiger partial charge in [-0.1, -0.05) is 44.0 Å². The summed E-state index contributed by atoms with van der Waals surface area (Å²) in [5.41, 5.74) is 0.178. The molecule has 3 nitrogen and oxygen atoms in total. The maximum atomic E-state index is 6.21. The lowest BCUT2D eigenvalue weighted by atomic mass is 9.96. The topological polar surface area (TPSA) is 28.2 Å². The second-order valence-corrected chi connectivity index (χ2v) is 6.39. The molecule has 0 atom stereocenters. The Balaban J connectivity index is 3.04. The quantitative estimate of drug-likeness (QED) is 0.896. The fourth-order valence-electron chi connectivity index (χ4n) is 1.80. The summed E-state index contributed by atoms with van der Waals surface area (Å²) in [6.45, 7) is 10.2. The van der Waals surface area contributed by atoms with Crippen molar-refractivity contribution in [3.63, 3.8) is 0 Å². The van der Waals surface area contributed by atoms with Crippen molar-refractivity contribution in [1.29, 1.82) is 0 Å². The summed E-state index contributed by atoms with van der Waals surface area (Å²) in [6.07, 6.45) is 0. The Morgan fingerprint density at radius 2 is 1.89 bits per heavy atom. The molecule has 1 N–H and O–H groups in total. The third-order valence-corrected chi connectivity index (χ3v) is 2.89. The van der Waals surface area contributed by atoms with Crippen molar-refractivity contribution in [1.82, 2.24) is 4.98 Å². The molecule has 0 aliphatic rings. The van der Waals surface area contributed by atoms with Crippen LogP contribution in [0.5, 0.6) is 0 Å². The number of nitrogens with zero attached hydrogens (tertiary/aromatic N) is 2. The molecule has 0 saturated carbocycles. The van der Waals surface area contributed by atoms with Gasteiger partial charge < -0.3 is 10.2 Å². The van der Waals surface area contributed by atoms with Crippen molar-refractivity contribution in [3.05, 3.63) is 16.1 Å². The Morgan fingerprint density at radius 3 is 2.39 bits per heavy atom. The second kappa shape index (κ2) is 5.98. The van der Waals surface area contributed by atoms with Gasteiger partial charge in [-0.3, -0.25) is 0 Å². The lowest BCUT2D eigenvalue weighted by Crippen LogP contribution is -2.30. The van der Waals surface area contributed by atoms with Crippen LogP contribution in [0.1, 0.15) is 27.7 Å². The summed E-state index contributed by atoms with van der Waals surface area (Å²) in [5.74, 6) is 1.44. The van der Waals surface area contributed by atoms with E-state index in [2.05, 4.69) is 36.0 Å². The van der Waals surface area contributed by atoms with Crippen LogP contribution >= 0.6 is 23.2 Å². The van der Waals surface area contributed by atoms with Gasteiger partial charge in [-0.15, -0.1) is 0 Å². The molecule has 0 amide bonds. The smallest absolute Gasteiger partial charge is 0.149 e. The van der Waals surface area contributed by atoms with E-state index >= 15 is 0 Å². The van der Waals surface area contributed by atoms with E-state index in [-0.39, 0.29) is 5.41 Å². The second-order valence-electron chi connectivity index (χ2n) is 5.57. The van der Waals surface area contributed by atoms with Crippen LogP contribution < -0.4 is 10.2 Å². The zero-order valence-corrected chi connectivity index (χ0v) is 13.2. The minimum absolute atomic E-state index is 0.178. The van der Waals surface area contributed by atoms with Gasteiger partial charge in [0.25, 0.3) is 0 Å². The fourth-order valence-corrected chi connectivity index (χ4v) is 2.37. The van der Waals surface area contributed by atoms with Crippen molar-refractivity contribution in [2.45, 2.75) is 27.7 Å². The molecule has 0 aliphatic carbocycles. The third kappa shape index (κ3) is 4.21. The van der Waals surface area contributed by atoms with E-state index in [9.17, 15) is 0 Å². The Labute approximate surface area is 119 Å². The number of pyridine rings is 1. The molecule has 1 aromatic rings. The molecular formula is C13H21Cl2N3. The first-order valence-corrected chi connectivity index (χ1v) is 6.81. The summed E-state index contributed by atoms with van der Waals surface area (Å²) < 4.78 is 0. The first-order chi connectivity index (χ1) is 8.24. The van der Waals surface area contributed by atoms with Gasteiger partial charge in [0.1, 0.15) is 11.6 Å². The van der Waals surface area contributed by atoms with E-state index in [4.69, 9.17) is 23.2 Å². The number of hydrogen-bond acceptors (Lipinski definition) is 3. The predicted molar refractivity (Wildman–Crippen MR) is 81.1 cm³/mol. The van der Waals surface area contributed by atoms with E-state index < -0.39 is 0 Å². The Kier molecular flexibility index (Phi) is 5.11. The van der Waals surface area contributed by atoms with Crippen LogP contribution in [0.3, 0.4) is 0 Å². The highest BCUT2D eigenvalue weighted by Gasteiger charge is 2.18.